The second-order valence-corrected chi connectivity index (χ2v) is 6.53. The van der Waals surface area contributed by atoms with Crippen molar-refractivity contribution in [3.63, 3.8) is 0 Å². The van der Waals surface area contributed by atoms with Gasteiger partial charge >= 0.3 is 0 Å². The van der Waals surface area contributed by atoms with E-state index in [1.54, 1.807) is 22.8 Å². The third-order valence-corrected chi connectivity index (χ3v) is 4.70. The lowest BCUT2D eigenvalue weighted by Crippen LogP contribution is -2.01. The highest BCUT2D eigenvalue weighted by Gasteiger charge is 2.22. The van der Waals surface area contributed by atoms with Gasteiger partial charge in [-0.05, 0) is 30.5 Å². The molecule has 2 heterocycles. The lowest BCUT2D eigenvalue weighted by Gasteiger charge is -2.10. The molecule has 0 fully saturated rings. The minimum Gasteiger partial charge on any atom is -0.230 e. The van der Waals surface area contributed by atoms with Gasteiger partial charge in [-0.1, -0.05) is 41.9 Å². The molecule has 5 nitrogen and oxygen atoms in total. The van der Waals surface area contributed by atoms with E-state index < -0.39 is 0 Å². The summed E-state index contributed by atoms with van der Waals surface area (Å²) in [6.45, 7) is 0. The molecule has 0 spiro atoms. The average Bonchev–Trinajstić information content (AvgIpc) is 3.30. The summed E-state index contributed by atoms with van der Waals surface area (Å²) in [6, 6.07) is 17.8. The Morgan fingerprint density at radius 3 is 2.40 bits per heavy atom. The molecule has 0 unspecified atom stereocenters. The first-order chi connectivity index (χ1) is 12.3. The van der Waals surface area contributed by atoms with Gasteiger partial charge in [0.05, 0.1) is 5.69 Å². The molecule has 0 bridgehead atoms. The number of thioether (sulfide) groups is 1. The van der Waals surface area contributed by atoms with Crippen LogP contribution in [0.25, 0.3) is 22.6 Å². The van der Waals surface area contributed by atoms with Crippen molar-refractivity contribution in [1.82, 2.24) is 24.5 Å². The molecule has 0 aliphatic carbocycles. The molecular weight excluding hydrogens is 354 g/mol. The van der Waals surface area contributed by atoms with Crippen molar-refractivity contribution in [3.05, 3.63) is 72.3 Å². The van der Waals surface area contributed by atoms with Crippen LogP contribution in [0.1, 0.15) is 0 Å². The van der Waals surface area contributed by atoms with E-state index in [-0.39, 0.29) is 0 Å². The number of benzene rings is 2. The maximum absolute atomic E-state index is 6.04. The molecule has 4 rings (SSSR count). The first-order valence-corrected chi connectivity index (χ1v) is 9.21. The van der Waals surface area contributed by atoms with E-state index in [4.69, 9.17) is 16.7 Å². The first kappa shape index (κ1) is 15.9. The van der Waals surface area contributed by atoms with E-state index in [1.165, 1.54) is 6.33 Å². The third-order valence-electron chi connectivity index (χ3n) is 3.79. The maximum atomic E-state index is 6.04. The van der Waals surface area contributed by atoms with Gasteiger partial charge in [0.2, 0.25) is 0 Å². The van der Waals surface area contributed by atoms with Crippen LogP contribution in [-0.4, -0.2) is 30.8 Å². The minimum atomic E-state index is 0.693. The van der Waals surface area contributed by atoms with Crippen LogP contribution in [0, 0.1) is 0 Å². The summed E-state index contributed by atoms with van der Waals surface area (Å²) in [5, 5.41) is 10.7. The number of nitrogens with zero attached hydrogens (tertiary/aromatic N) is 5. The molecule has 0 radical (unpaired) electrons. The number of aromatic nitrogens is 5. The molecule has 2 aromatic carbocycles. The van der Waals surface area contributed by atoms with Crippen molar-refractivity contribution < 1.29 is 0 Å². The average molecular weight is 368 g/mol. The normalized spacial score (nSPS) is 11.0. The highest BCUT2D eigenvalue weighted by atomic mass is 35.5. The first-order valence-electron chi connectivity index (χ1n) is 7.61. The van der Waals surface area contributed by atoms with Crippen LogP contribution in [-0.2, 0) is 0 Å². The van der Waals surface area contributed by atoms with E-state index in [1.807, 2.05) is 53.4 Å². The Kier molecular flexibility index (Phi) is 4.29. The number of hydrogen-bond acceptors (Lipinski definition) is 4. The van der Waals surface area contributed by atoms with Gasteiger partial charge in [0.1, 0.15) is 29.1 Å². The lowest BCUT2D eigenvalue weighted by molar-refractivity contribution is 0.833. The minimum absolute atomic E-state index is 0.693. The van der Waals surface area contributed by atoms with Crippen LogP contribution in [0.3, 0.4) is 0 Å². The molecule has 0 atom stereocenters. The van der Waals surface area contributed by atoms with Crippen molar-refractivity contribution in [2.24, 2.45) is 0 Å². The van der Waals surface area contributed by atoms with E-state index >= 15 is 0 Å². The van der Waals surface area contributed by atoms with Crippen molar-refractivity contribution in [2.75, 3.05) is 6.26 Å². The van der Waals surface area contributed by atoms with Gasteiger partial charge in [0, 0.05) is 10.6 Å². The Morgan fingerprint density at radius 1 is 1.00 bits per heavy atom. The zero-order valence-corrected chi connectivity index (χ0v) is 14.9. The fraction of sp³-hybridized carbons (Fsp3) is 0.0556. The highest BCUT2D eigenvalue weighted by molar-refractivity contribution is 7.98. The Bertz CT molecular complexity index is 979. The summed E-state index contributed by atoms with van der Waals surface area (Å²) >= 11 is 7.62. The molecule has 0 saturated carbocycles. The van der Waals surface area contributed by atoms with Gasteiger partial charge in [0.25, 0.3) is 0 Å². The molecule has 4 aromatic rings. The maximum Gasteiger partial charge on any atom is 0.145 e. The predicted octanol–water partition coefficient (Wildman–Crippen LogP) is 4.50. The van der Waals surface area contributed by atoms with Crippen LogP contribution in [0.15, 0.2) is 72.3 Å². The van der Waals surface area contributed by atoms with Crippen LogP contribution < -0.4 is 0 Å². The lowest BCUT2D eigenvalue weighted by atomic mass is 10.1. The van der Waals surface area contributed by atoms with Gasteiger partial charge in [-0.2, -0.15) is 10.2 Å². The van der Waals surface area contributed by atoms with E-state index in [2.05, 4.69) is 22.2 Å². The largest absolute Gasteiger partial charge is 0.230 e. The van der Waals surface area contributed by atoms with Gasteiger partial charge in [-0.15, -0.1) is 11.8 Å². The van der Waals surface area contributed by atoms with Crippen LogP contribution in [0.4, 0.5) is 0 Å². The molecule has 25 heavy (non-hydrogen) atoms. The Labute approximate surface area is 154 Å². The van der Waals surface area contributed by atoms with Gasteiger partial charge in [-0.3, -0.25) is 0 Å². The zero-order valence-electron chi connectivity index (χ0n) is 13.4. The van der Waals surface area contributed by atoms with Crippen molar-refractivity contribution >= 4 is 23.4 Å². The van der Waals surface area contributed by atoms with Crippen molar-refractivity contribution in [2.45, 2.75) is 5.03 Å². The standard InChI is InChI=1S/C18H14ClN5S/c1-25-18-17(23-12-20-11-21-23)16(13-5-3-2-4-6-13)24(22-18)15-9-7-14(19)8-10-15/h2-12H,1H3. The monoisotopic (exact) mass is 367 g/mol. The molecule has 0 N–H and O–H groups in total. The van der Waals surface area contributed by atoms with E-state index in [0.717, 1.165) is 27.7 Å². The van der Waals surface area contributed by atoms with Gasteiger partial charge < -0.3 is 0 Å². The Morgan fingerprint density at radius 2 is 1.76 bits per heavy atom. The number of hydrogen-bond donors (Lipinski definition) is 0. The summed E-state index contributed by atoms with van der Waals surface area (Å²) in [5.74, 6) is 0. The fourth-order valence-electron chi connectivity index (χ4n) is 2.68. The number of rotatable bonds is 4. The van der Waals surface area contributed by atoms with Crippen LogP contribution in [0.2, 0.25) is 5.02 Å². The second-order valence-electron chi connectivity index (χ2n) is 5.30. The topological polar surface area (TPSA) is 48.5 Å². The Balaban J connectivity index is 2.03. The molecule has 0 aliphatic heterocycles. The quantitative estimate of drug-likeness (QED) is 0.498. The molecule has 124 valence electrons. The van der Waals surface area contributed by atoms with Gasteiger partial charge in [0.15, 0.2) is 0 Å². The second kappa shape index (κ2) is 6.74. The summed E-state index contributed by atoms with van der Waals surface area (Å²) < 4.78 is 3.68. The smallest absolute Gasteiger partial charge is 0.145 e. The van der Waals surface area contributed by atoms with Crippen LogP contribution in [0.5, 0.6) is 0 Å². The number of halogens is 1. The summed E-state index contributed by atoms with van der Waals surface area (Å²) in [7, 11) is 0. The molecule has 2 aromatic heterocycles. The Hall–Kier alpha value is -2.57. The van der Waals surface area contributed by atoms with E-state index in [9.17, 15) is 0 Å². The molecule has 7 heteroatoms. The summed E-state index contributed by atoms with van der Waals surface area (Å²) in [6.07, 6.45) is 5.22. The molecular formula is C18H14ClN5S. The highest BCUT2D eigenvalue weighted by Crippen LogP contribution is 2.35. The summed E-state index contributed by atoms with van der Waals surface area (Å²) in [5.41, 5.74) is 3.85. The molecule has 0 aliphatic rings. The summed E-state index contributed by atoms with van der Waals surface area (Å²) in [4.78, 5) is 4.09. The molecule has 0 amide bonds. The third kappa shape index (κ3) is 2.94. The fourth-order valence-corrected chi connectivity index (χ4v) is 3.35. The van der Waals surface area contributed by atoms with Crippen molar-refractivity contribution in [1.29, 1.82) is 0 Å². The van der Waals surface area contributed by atoms with E-state index in [0.29, 0.717) is 5.02 Å². The van der Waals surface area contributed by atoms with Crippen LogP contribution >= 0.6 is 23.4 Å². The molecule has 0 saturated heterocycles. The SMILES string of the molecule is CSc1nn(-c2ccc(Cl)cc2)c(-c2ccccc2)c1-n1cncn1. The van der Waals surface area contributed by atoms with Gasteiger partial charge in [-0.25, -0.2) is 14.3 Å². The predicted molar refractivity (Wildman–Crippen MR) is 101 cm³/mol. The van der Waals surface area contributed by atoms with Crippen molar-refractivity contribution in [3.8, 4) is 22.6 Å². The zero-order chi connectivity index (χ0) is 17.2.